The van der Waals surface area contributed by atoms with Crippen LogP contribution in [0.15, 0.2) is 30.3 Å². The van der Waals surface area contributed by atoms with E-state index >= 15 is 0 Å². The van der Waals surface area contributed by atoms with E-state index in [0.717, 1.165) is 17.8 Å². The highest BCUT2D eigenvalue weighted by Gasteiger charge is 2.34. The number of nitrogens with one attached hydrogen (secondary N) is 1. The Morgan fingerprint density at radius 2 is 1.91 bits per heavy atom. The number of fused-ring (bicyclic) bond motifs is 3. The summed E-state index contributed by atoms with van der Waals surface area (Å²) in [6.45, 7) is 3.41. The monoisotopic (exact) mass is 299 g/mol. The molecule has 3 aliphatic rings. The second-order valence-corrected chi connectivity index (χ2v) is 6.57. The van der Waals surface area contributed by atoms with Gasteiger partial charge in [-0.05, 0) is 55.6 Å². The summed E-state index contributed by atoms with van der Waals surface area (Å²) in [5.74, 6) is 0.692. The van der Waals surface area contributed by atoms with Crippen molar-refractivity contribution in [3.8, 4) is 0 Å². The Bertz CT molecular complexity index is 542. The molecule has 22 heavy (non-hydrogen) atoms. The van der Waals surface area contributed by atoms with Gasteiger partial charge in [-0.2, -0.15) is 0 Å². The summed E-state index contributed by atoms with van der Waals surface area (Å²) in [6, 6.07) is 8.52. The van der Waals surface area contributed by atoms with Crippen molar-refractivity contribution < 1.29 is 4.79 Å². The maximum atomic E-state index is 12.1. The van der Waals surface area contributed by atoms with Crippen LogP contribution >= 0.6 is 0 Å². The van der Waals surface area contributed by atoms with Crippen LogP contribution in [-0.2, 0) is 4.79 Å². The van der Waals surface area contributed by atoms with Gasteiger partial charge in [-0.1, -0.05) is 12.1 Å². The largest absolute Gasteiger partial charge is 0.378 e. The highest BCUT2D eigenvalue weighted by molar-refractivity contribution is 5.92. The molecule has 1 N–H and O–H groups in total. The van der Waals surface area contributed by atoms with Gasteiger partial charge in [0.1, 0.15) is 0 Å². The van der Waals surface area contributed by atoms with Crippen molar-refractivity contribution in [3.05, 3.63) is 35.9 Å². The van der Waals surface area contributed by atoms with Crippen LogP contribution in [0.4, 0.5) is 5.69 Å². The quantitative estimate of drug-likeness (QED) is 0.864. The van der Waals surface area contributed by atoms with Crippen molar-refractivity contribution in [2.45, 2.75) is 18.9 Å². The average molecular weight is 299 g/mol. The summed E-state index contributed by atoms with van der Waals surface area (Å²) in [6.07, 6.45) is 5.99. The molecular formula is C18H25N3O. The van der Waals surface area contributed by atoms with Crippen LogP contribution in [0.25, 0.3) is 6.08 Å². The molecule has 2 bridgehead atoms. The van der Waals surface area contributed by atoms with Crippen molar-refractivity contribution >= 4 is 17.7 Å². The van der Waals surface area contributed by atoms with Crippen LogP contribution in [0.1, 0.15) is 18.4 Å². The minimum atomic E-state index is 0.0236. The molecule has 0 saturated carbocycles. The van der Waals surface area contributed by atoms with Crippen molar-refractivity contribution in [2.75, 3.05) is 38.6 Å². The molecule has 1 unspecified atom stereocenters. The molecule has 1 amide bonds. The predicted molar refractivity (Wildman–Crippen MR) is 90.9 cm³/mol. The smallest absolute Gasteiger partial charge is 0.244 e. The molecule has 1 atom stereocenters. The molecule has 1 aromatic rings. The number of benzene rings is 1. The van der Waals surface area contributed by atoms with Crippen molar-refractivity contribution in [1.29, 1.82) is 0 Å². The Morgan fingerprint density at radius 3 is 2.45 bits per heavy atom. The van der Waals surface area contributed by atoms with E-state index < -0.39 is 0 Å². The van der Waals surface area contributed by atoms with Gasteiger partial charge < -0.3 is 15.1 Å². The van der Waals surface area contributed by atoms with Gasteiger partial charge in [-0.25, -0.2) is 0 Å². The van der Waals surface area contributed by atoms with Gasteiger partial charge in [0.2, 0.25) is 5.91 Å². The van der Waals surface area contributed by atoms with Crippen molar-refractivity contribution in [2.24, 2.45) is 5.92 Å². The van der Waals surface area contributed by atoms with Gasteiger partial charge in [-0.15, -0.1) is 0 Å². The van der Waals surface area contributed by atoms with Gasteiger partial charge in [0, 0.05) is 38.4 Å². The van der Waals surface area contributed by atoms with E-state index in [1.54, 1.807) is 6.08 Å². The summed E-state index contributed by atoms with van der Waals surface area (Å²) < 4.78 is 0. The molecule has 0 spiro atoms. The highest BCUT2D eigenvalue weighted by atomic mass is 16.1. The van der Waals surface area contributed by atoms with E-state index in [9.17, 15) is 4.79 Å². The Morgan fingerprint density at radius 1 is 1.23 bits per heavy atom. The Balaban J connectivity index is 1.55. The maximum absolute atomic E-state index is 12.1. The topological polar surface area (TPSA) is 35.6 Å². The fourth-order valence-electron chi connectivity index (χ4n) is 3.41. The lowest BCUT2D eigenvalue weighted by Gasteiger charge is -2.44. The van der Waals surface area contributed by atoms with Gasteiger partial charge in [0.25, 0.3) is 0 Å². The van der Waals surface area contributed by atoms with Crippen molar-refractivity contribution in [1.82, 2.24) is 10.2 Å². The fourth-order valence-corrected chi connectivity index (χ4v) is 3.41. The van der Waals surface area contributed by atoms with Gasteiger partial charge in [0.15, 0.2) is 0 Å². The average Bonchev–Trinajstić information content (AvgIpc) is 2.54. The first-order chi connectivity index (χ1) is 10.6. The SMILES string of the molecule is CN(C)c1ccc(C=CC(=O)NC2CN3CCC2CC3)cc1. The number of nitrogens with zero attached hydrogens (tertiary/aromatic N) is 2. The number of anilines is 1. The second kappa shape index (κ2) is 6.53. The summed E-state index contributed by atoms with van der Waals surface area (Å²) in [4.78, 5) is 16.6. The zero-order valence-corrected chi connectivity index (χ0v) is 13.5. The number of hydrogen-bond donors (Lipinski definition) is 1. The molecule has 0 aliphatic carbocycles. The Kier molecular flexibility index (Phi) is 4.48. The van der Waals surface area contributed by atoms with Gasteiger partial charge >= 0.3 is 0 Å². The van der Waals surface area contributed by atoms with E-state index in [4.69, 9.17) is 0 Å². The van der Waals surface area contributed by atoms with E-state index in [-0.39, 0.29) is 5.91 Å². The number of amides is 1. The zero-order valence-electron chi connectivity index (χ0n) is 13.5. The predicted octanol–water partition coefficient (Wildman–Crippen LogP) is 1.98. The molecule has 3 saturated heterocycles. The third kappa shape index (κ3) is 3.50. The van der Waals surface area contributed by atoms with Crippen molar-refractivity contribution in [3.63, 3.8) is 0 Å². The molecule has 1 aromatic carbocycles. The number of carbonyl (C=O) groups is 1. The number of hydrogen-bond acceptors (Lipinski definition) is 3. The first kappa shape index (κ1) is 15.1. The van der Waals surface area contributed by atoms with Crippen LogP contribution in [-0.4, -0.2) is 50.6 Å². The minimum absolute atomic E-state index is 0.0236. The molecule has 4 nitrogen and oxygen atoms in total. The first-order valence-corrected chi connectivity index (χ1v) is 8.10. The molecule has 4 rings (SSSR count). The normalized spacial score (nSPS) is 27.1. The molecule has 0 radical (unpaired) electrons. The molecule has 118 valence electrons. The van der Waals surface area contributed by atoms with Crippen LogP contribution in [0, 0.1) is 5.92 Å². The number of piperidine rings is 3. The minimum Gasteiger partial charge on any atom is -0.378 e. The molecule has 4 heteroatoms. The van der Waals surface area contributed by atoms with Gasteiger partial charge in [0.05, 0.1) is 0 Å². The molecular weight excluding hydrogens is 274 g/mol. The molecule has 3 fully saturated rings. The first-order valence-electron chi connectivity index (χ1n) is 8.10. The van der Waals surface area contributed by atoms with Crippen LogP contribution in [0.5, 0.6) is 0 Å². The Hall–Kier alpha value is -1.81. The second-order valence-electron chi connectivity index (χ2n) is 6.57. The van der Waals surface area contributed by atoms with E-state index in [0.29, 0.717) is 12.0 Å². The number of carbonyl (C=O) groups excluding carboxylic acids is 1. The van der Waals surface area contributed by atoms with E-state index in [2.05, 4.69) is 27.2 Å². The summed E-state index contributed by atoms with van der Waals surface area (Å²) >= 11 is 0. The lowest BCUT2D eigenvalue weighted by Crippen LogP contribution is -2.57. The third-order valence-electron chi connectivity index (χ3n) is 4.82. The lowest BCUT2D eigenvalue weighted by atomic mass is 9.84. The molecule has 3 aliphatic heterocycles. The molecule has 0 aromatic heterocycles. The van der Waals surface area contributed by atoms with E-state index in [1.165, 1.54) is 25.9 Å². The van der Waals surface area contributed by atoms with E-state index in [1.807, 2.05) is 32.3 Å². The standard InChI is InChI=1S/C18H25N3O/c1-20(2)16-6-3-14(4-7-16)5-8-18(22)19-17-13-21-11-9-15(17)10-12-21/h3-8,15,17H,9-13H2,1-2H3,(H,19,22). The van der Waals surface area contributed by atoms with Crippen LogP contribution in [0.3, 0.4) is 0 Å². The summed E-state index contributed by atoms with van der Waals surface area (Å²) in [5.41, 5.74) is 2.21. The van der Waals surface area contributed by atoms with Crippen LogP contribution < -0.4 is 10.2 Å². The third-order valence-corrected chi connectivity index (χ3v) is 4.82. The fraction of sp³-hybridized carbons (Fsp3) is 0.500. The lowest BCUT2D eigenvalue weighted by molar-refractivity contribution is -0.118. The molecule has 3 heterocycles. The zero-order chi connectivity index (χ0) is 15.5. The number of rotatable bonds is 4. The van der Waals surface area contributed by atoms with Gasteiger partial charge in [-0.3, -0.25) is 4.79 Å². The summed E-state index contributed by atoms with van der Waals surface area (Å²) in [7, 11) is 4.04. The van der Waals surface area contributed by atoms with Crippen LogP contribution in [0.2, 0.25) is 0 Å². The maximum Gasteiger partial charge on any atom is 0.244 e. The Labute approximate surface area is 132 Å². The highest BCUT2D eigenvalue weighted by Crippen LogP contribution is 2.27. The summed E-state index contributed by atoms with van der Waals surface area (Å²) in [5, 5.41) is 3.17.